The molecule has 0 spiro atoms. The third-order valence-corrected chi connectivity index (χ3v) is 14.0. The Kier molecular flexibility index (Phi) is 36.1. The maximum atomic E-state index is 12.4. The summed E-state index contributed by atoms with van der Waals surface area (Å²) in [6.07, 6.45) is 43.2. The van der Waals surface area contributed by atoms with Crippen LogP contribution in [-0.2, 0) is 23.1 Å². The second-order valence-corrected chi connectivity index (χ2v) is 22.0. The number of carbonyl (C=O) groups is 1. The maximum Gasteiger partial charge on any atom is 0.474 e. The summed E-state index contributed by atoms with van der Waals surface area (Å²) in [6.45, 7) is 26.3. The standard InChI is InChI=1S/C61H100NO8P/c1-47(2)23-13-24-48(3)25-14-26-49(4)27-15-28-50(5)29-16-30-51(6)31-17-32-52(7)33-18-34-53(8)35-19-36-54(9)37-20-38-55(10)39-21-40-56(11)41-22-42-57(12)43-44-69-71(66,67)70-61-60(65)59(64)58(45-68-61)62-46-63/h23,25,27,29,31,33,35,37,39,41,43,46,58-61,64-65H,13-22,24,26,28,30,32,34,36,38,40,42,44-45H2,1-12H3,(H,62,63)(H,66,67)/b48-25+,49-27+,50-29-,51-31-,52-33-,53-35-,54-37-,55-39-,56-41-,57-43-/t58-,59-,60+,61-/m0/s1. The molecule has 5 atom stereocenters. The number of carbonyl (C=O) groups excluding carboxylic acids is 1. The molecule has 0 radical (unpaired) electrons. The number of ether oxygens (including phenoxy) is 1. The fourth-order valence-corrected chi connectivity index (χ4v) is 8.85. The number of hydrogen-bond acceptors (Lipinski definition) is 7. The number of nitrogens with one attached hydrogen (secondary N) is 1. The third-order valence-electron chi connectivity index (χ3n) is 13.0. The van der Waals surface area contributed by atoms with Crippen LogP contribution in [0.1, 0.15) is 212 Å². The number of phosphoric acid groups is 1. The lowest BCUT2D eigenvalue weighted by atomic mass is 10.0. The molecule has 1 rings (SSSR count). The molecule has 0 aromatic carbocycles. The fraction of sp³-hybridized carbons (Fsp3) is 0.623. The molecule has 1 aliphatic rings. The van der Waals surface area contributed by atoms with Crippen molar-refractivity contribution in [3.63, 3.8) is 0 Å². The summed E-state index contributed by atoms with van der Waals surface area (Å²) in [5.41, 5.74) is 15.7. The summed E-state index contributed by atoms with van der Waals surface area (Å²) in [4.78, 5) is 20.7. The highest BCUT2D eigenvalue weighted by Crippen LogP contribution is 2.46. The fourth-order valence-electron chi connectivity index (χ4n) is 8.08. The van der Waals surface area contributed by atoms with Crippen molar-refractivity contribution in [3.05, 3.63) is 128 Å². The molecule has 1 fully saturated rings. The van der Waals surface area contributed by atoms with Crippen LogP contribution < -0.4 is 5.32 Å². The molecular formula is C61H100NO8P. The molecule has 0 bridgehead atoms. The minimum absolute atomic E-state index is 0.162. The normalized spacial score (nSPS) is 20.6. The van der Waals surface area contributed by atoms with Crippen LogP contribution in [0.2, 0.25) is 0 Å². The molecule has 0 aliphatic carbocycles. The molecular weight excluding hydrogens is 906 g/mol. The number of phosphoric ester groups is 1. The monoisotopic (exact) mass is 1010 g/mol. The Bertz CT molecular complexity index is 1950. The van der Waals surface area contributed by atoms with Gasteiger partial charge in [0.05, 0.1) is 19.3 Å². The first-order chi connectivity index (χ1) is 33.7. The summed E-state index contributed by atoms with van der Waals surface area (Å²) in [6, 6.07) is -0.860. The van der Waals surface area contributed by atoms with E-state index in [0.29, 0.717) is 6.41 Å². The van der Waals surface area contributed by atoms with Gasteiger partial charge in [-0.3, -0.25) is 13.8 Å². The molecule has 1 unspecified atom stereocenters. The second-order valence-electron chi connectivity index (χ2n) is 20.6. The Morgan fingerprint density at radius 1 is 0.465 bits per heavy atom. The van der Waals surface area contributed by atoms with Crippen molar-refractivity contribution in [2.45, 2.75) is 236 Å². The van der Waals surface area contributed by atoms with Gasteiger partial charge in [-0.05, 0) is 212 Å². The van der Waals surface area contributed by atoms with Gasteiger partial charge in [-0.15, -0.1) is 0 Å². The first-order valence-electron chi connectivity index (χ1n) is 26.7. The SMILES string of the molecule is CC(C)=CCC/C(C)=C/CC/C(C)=C/CC/C(C)=C\CC/C(C)=C\CC/C(C)=C\CC/C(C)=C\CC/C(C)=C\CC/C(C)=C\CC/C(C)=C\CC/C(C)=C\COP(=O)(O)O[C@@H]1OC[C@H](NC=O)[C@H](O)[C@H]1O. The lowest BCUT2D eigenvalue weighted by Crippen LogP contribution is -2.58. The number of amides is 1. The summed E-state index contributed by atoms with van der Waals surface area (Å²) in [5, 5.41) is 22.5. The van der Waals surface area contributed by atoms with Crippen LogP contribution in [0.4, 0.5) is 0 Å². The van der Waals surface area contributed by atoms with E-state index in [-0.39, 0.29) is 13.2 Å². The van der Waals surface area contributed by atoms with Crippen LogP contribution in [0.25, 0.3) is 0 Å². The molecule has 0 aromatic rings. The number of aliphatic hydroxyl groups is 2. The van der Waals surface area contributed by atoms with Gasteiger partial charge in [-0.1, -0.05) is 128 Å². The third kappa shape index (κ3) is 35.4. The number of aliphatic hydroxyl groups excluding tert-OH is 2. The average Bonchev–Trinajstić information content (AvgIpc) is 3.28. The van der Waals surface area contributed by atoms with Gasteiger partial charge in [0.15, 0.2) is 6.29 Å². The molecule has 1 aliphatic heterocycles. The van der Waals surface area contributed by atoms with Crippen LogP contribution in [-0.4, -0.2) is 59.3 Å². The van der Waals surface area contributed by atoms with E-state index >= 15 is 0 Å². The average molecular weight is 1010 g/mol. The molecule has 1 amide bonds. The van der Waals surface area contributed by atoms with Gasteiger partial charge in [0.1, 0.15) is 12.2 Å². The highest BCUT2D eigenvalue weighted by atomic mass is 31.2. The van der Waals surface area contributed by atoms with Gasteiger partial charge in [0.2, 0.25) is 6.41 Å². The number of allylic oxidation sites excluding steroid dienone is 21. The zero-order chi connectivity index (χ0) is 53.0. The molecule has 0 saturated carbocycles. The first kappa shape index (κ1) is 65.6. The minimum atomic E-state index is -4.58. The van der Waals surface area contributed by atoms with E-state index in [0.717, 1.165) is 121 Å². The van der Waals surface area contributed by atoms with E-state index < -0.39 is 32.4 Å². The zero-order valence-corrected chi connectivity index (χ0v) is 47.5. The maximum absolute atomic E-state index is 12.4. The molecule has 71 heavy (non-hydrogen) atoms. The summed E-state index contributed by atoms with van der Waals surface area (Å²) in [7, 11) is -4.58. The molecule has 4 N–H and O–H groups in total. The van der Waals surface area contributed by atoms with Crippen LogP contribution in [0.3, 0.4) is 0 Å². The van der Waals surface area contributed by atoms with E-state index in [1.807, 2.05) is 6.92 Å². The zero-order valence-electron chi connectivity index (χ0n) is 46.6. The quantitative estimate of drug-likeness (QED) is 0.0275. The largest absolute Gasteiger partial charge is 0.474 e. The second kappa shape index (κ2) is 39.1. The van der Waals surface area contributed by atoms with Gasteiger partial charge in [-0.25, -0.2) is 4.57 Å². The topological polar surface area (TPSA) is 135 Å². The summed E-state index contributed by atoms with van der Waals surface area (Å²) < 4.78 is 27.5. The first-order valence-corrected chi connectivity index (χ1v) is 28.2. The van der Waals surface area contributed by atoms with E-state index in [1.165, 1.54) is 68.6 Å². The van der Waals surface area contributed by atoms with E-state index in [1.54, 1.807) is 6.08 Å². The van der Waals surface area contributed by atoms with Crippen LogP contribution in [0, 0.1) is 0 Å². The van der Waals surface area contributed by atoms with Gasteiger partial charge in [0.25, 0.3) is 0 Å². The van der Waals surface area contributed by atoms with Crippen molar-refractivity contribution in [3.8, 4) is 0 Å². The van der Waals surface area contributed by atoms with Crippen molar-refractivity contribution in [2.24, 2.45) is 0 Å². The molecule has 1 heterocycles. The van der Waals surface area contributed by atoms with Crippen molar-refractivity contribution in [1.29, 1.82) is 0 Å². The Morgan fingerprint density at radius 3 is 1.00 bits per heavy atom. The molecule has 0 aromatic heterocycles. The minimum Gasteiger partial charge on any atom is -0.388 e. The molecule has 1 saturated heterocycles. The summed E-state index contributed by atoms with van der Waals surface area (Å²) >= 11 is 0. The van der Waals surface area contributed by atoms with Gasteiger partial charge < -0.3 is 25.2 Å². The lowest BCUT2D eigenvalue weighted by Gasteiger charge is -2.36. The van der Waals surface area contributed by atoms with Crippen molar-refractivity contribution in [2.75, 3.05) is 13.2 Å². The Balaban J connectivity index is 2.25. The summed E-state index contributed by atoms with van der Waals surface area (Å²) in [5.74, 6) is 0. The number of hydrogen-bond donors (Lipinski definition) is 4. The Labute approximate surface area is 433 Å². The van der Waals surface area contributed by atoms with Crippen molar-refractivity contribution in [1.82, 2.24) is 5.32 Å². The van der Waals surface area contributed by atoms with Crippen molar-refractivity contribution < 1.29 is 38.3 Å². The van der Waals surface area contributed by atoms with E-state index in [2.05, 4.69) is 142 Å². The van der Waals surface area contributed by atoms with Gasteiger partial charge >= 0.3 is 7.82 Å². The Hall–Kier alpha value is -3.40. The molecule has 402 valence electrons. The van der Waals surface area contributed by atoms with Crippen LogP contribution >= 0.6 is 7.82 Å². The Morgan fingerprint density at radius 2 is 0.732 bits per heavy atom. The van der Waals surface area contributed by atoms with Gasteiger partial charge in [-0.2, -0.15) is 0 Å². The highest BCUT2D eigenvalue weighted by molar-refractivity contribution is 7.47. The molecule has 9 nitrogen and oxygen atoms in total. The number of rotatable bonds is 37. The van der Waals surface area contributed by atoms with Crippen molar-refractivity contribution >= 4 is 14.2 Å². The smallest absolute Gasteiger partial charge is 0.388 e. The predicted octanol–water partition coefficient (Wildman–Crippen LogP) is 16.5. The van der Waals surface area contributed by atoms with Crippen LogP contribution in [0.15, 0.2) is 128 Å². The highest BCUT2D eigenvalue weighted by Gasteiger charge is 2.42. The predicted molar refractivity (Wildman–Crippen MR) is 301 cm³/mol. The van der Waals surface area contributed by atoms with Gasteiger partial charge in [0, 0.05) is 0 Å². The van der Waals surface area contributed by atoms with E-state index in [4.69, 9.17) is 13.8 Å². The van der Waals surface area contributed by atoms with Crippen LogP contribution in [0.5, 0.6) is 0 Å². The molecule has 10 heteroatoms. The lowest BCUT2D eigenvalue weighted by molar-refractivity contribution is -0.222. The van der Waals surface area contributed by atoms with E-state index in [9.17, 15) is 24.5 Å².